The molecule has 0 radical (unpaired) electrons. The molecule has 1 N–H and O–H groups in total. The summed E-state index contributed by atoms with van der Waals surface area (Å²) in [5.41, 5.74) is 2.63. The number of nitrogens with zero attached hydrogens (tertiary/aromatic N) is 1. The summed E-state index contributed by atoms with van der Waals surface area (Å²) in [4.78, 5) is 13.8. The van der Waals surface area contributed by atoms with Gasteiger partial charge in [0.2, 0.25) is 5.91 Å². The van der Waals surface area contributed by atoms with Gasteiger partial charge in [-0.2, -0.15) is 8.78 Å². The van der Waals surface area contributed by atoms with Crippen LogP contribution < -0.4 is 15.0 Å². The van der Waals surface area contributed by atoms with Crippen LogP contribution in [0.15, 0.2) is 60.7 Å². The Balaban J connectivity index is 1.51. The molecule has 3 aromatic rings. The lowest BCUT2D eigenvalue weighted by Crippen LogP contribution is -2.24. The fraction of sp³-hybridized carbons (Fsp3) is 0.261. The third kappa shape index (κ3) is 4.38. The quantitative estimate of drug-likeness (QED) is 0.620. The Hall–Kier alpha value is -2.99. The topological polar surface area (TPSA) is 41.6 Å². The molecule has 6 heteroatoms. The van der Waals surface area contributed by atoms with Crippen LogP contribution in [-0.2, 0) is 17.9 Å². The number of nitrogens with one attached hydrogen (secondary N) is 1. The van der Waals surface area contributed by atoms with Gasteiger partial charge in [0.1, 0.15) is 5.75 Å². The van der Waals surface area contributed by atoms with Crippen LogP contribution in [0, 0.1) is 0 Å². The second-order valence-corrected chi connectivity index (χ2v) is 7.06. The second-order valence-electron chi connectivity index (χ2n) is 7.06. The number of hydrogen-bond acceptors (Lipinski definition) is 3. The van der Waals surface area contributed by atoms with E-state index < -0.39 is 6.61 Å². The largest absolute Gasteiger partial charge is 0.434 e. The molecule has 0 unspecified atom stereocenters. The van der Waals surface area contributed by atoms with E-state index in [2.05, 4.69) is 5.32 Å². The fourth-order valence-electron chi connectivity index (χ4n) is 3.79. The Morgan fingerprint density at radius 1 is 1.03 bits per heavy atom. The van der Waals surface area contributed by atoms with E-state index >= 15 is 0 Å². The molecule has 29 heavy (non-hydrogen) atoms. The summed E-state index contributed by atoms with van der Waals surface area (Å²) in [6, 6.07) is 18.9. The maximum atomic E-state index is 12.8. The first-order valence-corrected chi connectivity index (χ1v) is 9.67. The molecule has 150 valence electrons. The summed E-state index contributed by atoms with van der Waals surface area (Å²) >= 11 is 0. The standard InChI is InChI=1S/C23H22F2N2O2/c24-23(25)29-21-11-10-17-6-1-2-8-19(17)20(21)15-26-14-16-5-3-7-18(13-16)27-12-4-9-22(27)28/h1-3,5-8,10-11,13,23,26H,4,9,12,14-15H2. The van der Waals surface area contributed by atoms with Crippen LogP contribution in [0.4, 0.5) is 14.5 Å². The lowest BCUT2D eigenvalue weighted by Gasteiger charge is -2.17. The number of amides is 1. The number of rotatable bonds is 7. The Bertz CT molecular complexity index is 1020. The highest BCUT2D eigenvalue weighted by Crippen LogP contribution is 2.29. The zero-order valence-electron chi connectivity index (χ0n) is 15.9. The van der Waals surface area contributed by atoms with Crippen molar-refractivity contribution >= 4 is 22.4 Å². The van der Waals surface area contributed by atoms with Crippen molar-refractivity contribution in [3.05, 3.63) is 71.8 Å². The molecule has 0 aromatic heterocycles. The van der Waals surface area contributed by atoms with Gasteiger partial charge in [0, 0.05) is 37.3 Å². The number of halogens is 2. The first-order valence-electron chi connectivity index (χ1n) is 9.67. The van der Waals surface area contributed by atoms with Crippen molar-refractivity contribution in [1.29, 1.82) is 0 Å². The molecule has 0 spiro atoms. The molecule has 1 fully saturated rings. The number of alkyl halides is 2. The van der Waals surface area contributed by atoms with Gasteiger partial charge in [0.15, 0.2) is 0 Å². The van der Waals surface area contributed by atoms with Gasteiger partial charge in [0.25, 0.3) is 0 Å². The van der Waals surface area contributed by atoms with Gasteiger partial charge in [0.05, 0.1) is 0 Å². The number of benzene rings is 3. The molecule has 1 aliphatic heterocycles. The average molecular weight is 396 g/mol. The molecule has 0 bridgehead atoms. The van der Waals surface area contributed by atoms with Gasteiger partial charge < -0.3 is 15.0 Å². The molecule has 4 rings (SSSR count). The molecule has 1 amide bonds. The van der Waals surface area contributed by atoms with Gasteiger partial charge in [-0.15, -0.1) is 0 Å². The minimum absolute atomic E-state index is 0.152. The highest BCUT2D eigenvalue weighted by Gasteiger charge is 2.21. The summed E-state index contributed by atoms with van der Waals surface area (Å²) < 4.78 is 30.4. The third-order valence-electron chi connectivity index (χ3n) is 5.14. The van der Waals surface area contributed by atoms with Crippen LogP contribution >= 0.6 is 0 Å². The zero-order valence-corrected chi connectivity index (χ0v) is 15.9. The van der Waals surface area contributed by atoms with Gasteiger partial charge in [-0.1, -0.05) is 42.5 Å². The van der Waals surface area contributed by atoms with E-state index in [0.717, 1.165) is 35.0 Å². The first-order chi connectivity index (χ1) is 14.1. The molecule has 1 saturated heterocycles. The Morgan fingerprint density at radius 2 is 1.90 bits per heavy atom. The van der Waals surface area contributed by atoms with E-state index in [0.29, 0.717) is 25.1 Å². The van der Waals surface area contributed by atoms with Crippen molar-refractivity contribution in [2.45, 2.75) is 32.5 Å². The van der Waals surface area contributed by atoms with E-state index in [1.54, 1.807) is 12.1 Å². The zero-order chi connectivity index (χ0) is 20.2. The SMILES string of the molecule is O=C1CCCN1c1cccc(CNCc2c(OC(F)F)ccc3ccccc23)c1. The van der Waals surface area contributed by atoms with E-state index in [-0.39, 0.29) is 11.7 Å². The number of fused-ring (bicyclic) bond motifs is 1. The van der Waals surface area contributed by atoms with Crippen molar-refractivity contribution in [1.82, 2.24) is 5.32 Å². The lowest BCUT2D eigenvalue weighted by atomic mass is 10.0. The third-order valence-corrected chi connectivity index (χ3v) is 5.14. The average Bonchev–Trinajstić information content (AvgIpc) is 3.15. The molecule has 1 aliphatic rings. The van der Waals surface area contributed by atoms with E-state index in [9.17, 15) is 13.6 Å². The van der Waals surface area contributed by atoms with E-state index in [1.807, 2.05) is 53.4 Å². The molecular weight excluding hydrogens is 374 g/mol. The van der Waals surface area contributed by atoms with Crippen molar-refractivity contribution in [3.8, 4) is 5.75 Å². The molecule has 3 aromatic carbocycles. The number of ether oxygens (including phenoxy) is 1. The highest BCUT2D eigenvalue weighted by molar-refractivity contribution is 5.95. The van der Waals surface area contributed by atoms with Gasteiger partial charge in [-0.05, 0) is 41.0 Å². The summed E-state index contributed by atoms with van der Waals surface area (Å²) in [6.45, 7) is -1.19. The molecule has 1 heterocycles. The van der Waals surface area contributed by atoms with E-state index in [4.69, 9.17) is 4.74 Å². The summed E-state index contributed by atoms with van der Waals surface area (Å²) in [5.74, 6) is 0.335. The lowest BCUT2D eigenvalue weighted by molar-refractivity contribution is -0.117. The van der Waals surface area contributed by atoms with Gasteiger partial charge >= 0.3 is 6.61 Å². The Kier molecular flexibility index (Phi) is 5.71. The van der Waals surface area contributed by atoms with Crippen molar-refractivity contribution in [2.75, 3.05) is 11.4 Å². The monoisotopic (exact) mass is 396 g/mol. The first kappa shape index (κ1) is 19.3. The van der Waals surface area contributed by atoms with Crippen LogP contribution in [0.2, 0.25) is 0 Å². The predicted molar refractivity (Wildman–Crippen MR) is 109 cm³/mol. The minimum Gasteiger partial charge on any atom is -0.434 e. The maximum absolute atomic E-state index is 12.8. The van der Waals surface area contributed by atoms with Crippen molar-refractivity contribution in [2.24, 2.45) is 0 Å². The van der Waals surface area contributed by atoms with E-state index in [1.165, 1.54) is 0 Å². The van der Waals surface area contributed by atoms with Gasteiger partial charge in [-0.3, -0.25) is 4.79 Å². The van der Waals surface area contributed by atoms with Gasteiger partial charge in [-0.25, -0.2) is 0 Å². The maximum Gasteiger partial charge on any atom is 0.387 e. The van der Waals surface area contributed by atoms with Crippen LogP contribution in [0.25, 0.3) is 10.8 Å². The smallest absolute Gasteiger partial charge is 0.387 e. The second kappa shape index (κ2) is 8.57. The fourth-order valence-corrected chi connectivity index (χ4v) is 3.79. The Morgan fingerprint density at radius 3 is 2.69 bits per heavy atom. The summed E-state index contributed by atoms with van der Waals surface area (Å²) in [6.07, 6.45) is 1.48. The summed E-state index contributed by atoms with van der Waals surface area (Å²) in [5, 5.41) is 5.18. The van der Waals surface area contributed by atoms with Crippen molar-refractivity contribution in [3.63, 3.8) is 0 Å². The van der Waals surface area contributed by atoms with Crippen molar-refractivity contribution < 1.29 is 18.3 Å². The summed E-state index contributed by atoms with van der Waals surface area (Å²) in [7, 11) is 0. The van der Waals surface area contributed by atoms with Crippen LogP contribution in [0.1, 0.15) is 24.0 Å². The molecule has 0 saturated carbocycles. The normalized spacial score (nSPS) is 14.2. The number of anilines is 1. The molecular formula is C23H22F2N2O2. The van der Waals surface area contributed by atoms with Crippen LogP contribution in [0.3, 0.4) is 0 Å². The van der Waals surface area contributed by atoms with Crippen LogP contribution in [0.5, 0.6) is 5.75 Å². The number of hydrogen-bond donors (Lipinski definition) is 1. The van der Waals surface area contributed by atoms with Crippen LogP contribution in [-0.4, -0.2) is 19.1 Å². The minimum atomic E-state index is -2.87. The Labute approximate surface area is 168 Å². The predicted octanol–water partition coefficient (Wildman–Crippen LogP) is 4.86. The molecule has 4 nitrogen and oxygen atoms in total. The molecule has 0 atom stereocenters. The highest BCUT2D eigenvalue weighted by atomic mass is 19.3. The number of carbonyl (C=O) groups excluding carboxylic acids is 1. The number of carbonyl (C=O) groups is 1. The molecule has 0 aliphatic carbocycles.